The number of nitrogens with two attached hydrogens (primary N) is 1. The quantitative estimate of drug-likeness (QED) is 0.939. The van der Waals surface area contributed by atoms with Gasteiger partial charge in [0.05, 0.1) is 5.52 Å². The molecule has 1 saturated carbocycles. The van der Waals surface area contributed by atoms with Gasteiger partial charge in [0.1, 0.15) is 0 Å². The van der Waals surface area contributed by atoms with Gasteiger partial charge in [-0.15, -0.1) is 0 Å². The van der Waals surface area contributed by atoms with Crippen molar-refractivity contribution in [2.45, 2.75) is 58.5 Å². The molecule has 0 bridgehead atoms. The highest BCUT2D eigenvalue weighted by molar-refractivity contribution is 5.74. The van der Waals surface area contributed by atoms with Crippen LogP contribution >= 0.6 is 0 Å². The number of rotatable bonds is 3. The Kier molecular flexibility index (Phi) is 3.66. The van der Waals surface area contributed by atoms with Crippen molar-refractivity contribution in [2.24, 2.45) is 11.1 Å². The van der Waals surface area contributed by atoms with Crippen molar-refractivity contribution < 1.29 is 4.42 Å². The molecule has 21 heavy (non-hydrogen) atoms. The van der Waals surface area contributed by atoms with Crippen LogP contribution in [-0.4, -0.2) is 4.57 Å². The molecule has 1 unspecified atom stereocenters. The molecule has 4 nitrogen and oxygen atoms in total. The van der Waals surface area contributed by atoms with Crippen LogP contribution in [0, 0.1) is 5.41 Å². The van der Waals surface area contributed by atoms with E-state index in [0.29, 0.717) is 12.1 Å². The number of nitrogens with zero attached hydrogens (tertiary/aromatic N) is 1. The maximum absolute atomic E-state index is 11.8. The van der Waals surface area contributed by atoms with Gasteiger partial charge >= 0.3 is 5.76 Å². The third-order valence-corrected chi connectivity index (χ3v) is 5.11. The van der Waals surface area contributed by atoms with Crippen molar-refractivity contribution in [2.75, 3.05) is 0 Å². The van der Waals surface area contributed by atoms with Crippen LogP contribution in [-0.2, 0) is 6.54 Å². The Morgan fingerprint density at radius 3 is 2.71 bits per heavy atom. The second kappa shape index (κ2) is 5.34. The van der Waals surface area contributed by atoms with Crippen LogP contribution in [0.3, 0.4) is 0 Å². The lowest BCUT2D eigenvalue weighted by atomic mass is 9.69. The molecule has 1 heterocycles. The van der Waals surface area contributed by atoms with Crippen LogP contribution in [0.15, 0.2) is 27.4 Å². The van der Waals surface area contributed by atoms with Gasteiger partial charge in [0.25, 0.3) is 0 Å². The van der Waals surface area contributed by atoms with Gasteiger partial charge in [0, 0.05) is 12.6 Å². The molecular weight excluding hydrogens is 264 g/mol. The highest BCUT2D eigenvalue weighted by Crippen LogP contribution is 2.44. The summed E-state index contributed by atoms with van der Waals surface area (Å²) in [7, 11) is 0. The Hall–Kier alpha value is -1.55. The van der Waals surface area contributed by atoms with Crippen molar-refractivity contribution in [3.8, 4) is 0 Å². The Labute approximate surface area is 124 Å². The second-order valence-corrected chi connectivity index (χ2v) is 6.53. The summed E-state index contributed by atoms with van der Waals surface area (Å²) in [5.41, 5.74) is 9.27. The van der Waals surface area contributed by atoms with Crippen molar-refractivity contribution in [1.29, 1.82) is 0 Å². The predicted octanol–water partition coefficient (Wildman–Crippen LogP) is 3.58. The molecule has 1 atom stereocenters. The zero-order valence-corrected chi connectivity index (χ0v) is 12.9. The molecule has 0 spiro atoms. The van der Waals surface area contributed by atoms with E-state index in [4.69, 9.17) is 10.2 Å². The van der Waals surface area contributed by atoms with Crippen LogP contribution in [0.2, 0.25) is 0 Å². The fourth-order valence-corrected chi connectivity index (χ4v) is 3.65. The minimum atomic E-state index is -0.290. The first kappa shape index (κ1) is 14.4. The van der Waals surface area contributed by atoms with Crippen molar-refractivity contribution >= 4 is 11.1 Å². The maximum Gasteiger partial charge on any atom is 0.419 e. The van der Waals surface area contributed by atoms with Gasteiger partial charge in [0.2, 0.25) is 0 Å². The zero-order chi connectivity index (χ0) is 15.0. The number of hydrogen-bond donors (Lipinski definition) is 1. The van der Waals surface area contributed by atoms with Gasteiger partial charge in [-0.3, -0.25) is 4.57 Å². The molecule has 1 aromatic carbocycles. The maximum atomic E-state index is 11.8. The number of benzene rings is 1. The highest BCUT2D eigenvalue weighted by Gasteiger charge is 2.34. The molecule has 2 aromatic rings. The van der Waals surface area contributed by atoms with E-state index >= 15 is 0 Å². The minimum Gasteiger partial charge on any atom is -0.408 e. The van der Waals surface area contributed by atoms with Gasteiger partial charge in [-0.1, -0.05) is 32.3 Å². The molecule has 1 aliphatic carbocycles. The fourth-order valence-electron chi connectivity index (χ4n) is 3.65. The molecule has 1 aliphatic rings. The molecule has 0 saturated heterocycles. The molecule has 4 heteroatoms. The topological polar surface area (TPSA) is 61.2 Å². The van der Waals surface area contributed by atoms with E-state index in [-0.39, 0.29) is 17.2 Å². The van der Waals surface area contributed by atoms with Gasteiger partial charge < -0.3 is 10.2 Å². The van der Waals surface area contributed by atoms with Crippen LogP contribution in [0.4, 0.5) is 0 Å². The SMILES string of the molecule is CCn1c(=O)oc2cc(C(N)C3(C)CCCCC3)ccc21. The van der Waals surface area contributed by atoms with Crippen molar-refractivity contribution in [1.82, 2.24) is 4.57 Å². The van der Waals surface area contributed by atoms with E-state index in [1.54, 1.807) is 4.57 Å². The normalized spacial score (nSPS) is 19.8. The molecular formula is C17H24N2O2. The van der Waals surface area contributed by atoms with Gasteiger partial charge in [-0.05, 0) is 42.9 Å². The lowest BCUT2D eigenvalue weighted by Gasteiger charge is -2.39. The Morgan fingerprint density at radius 2 is 2.05 bits per heavy atom. The van der Waals surface area contributed by atoms with Crippen LogP contribution in [0.25, 0.3) is 11.1 Å². The average Bonchev–Trinajstić information content (AvgIpc) is 2.81. The summed E-state index contributed by atoms with van der Waals surface area (Å²) in [5.74, 6) is -0.290. The molecule has 2 N–H and O–H groups in total. The Balaban J connectivity index is 1.99. The molecule has 0 amide bonds. The molecule has 1 aromatic heterocycles. The smallest absolute Gasteiger partial charge is 0.408 e. The Morgan fingerprint density at radius 1 is 1.33 bits per heavy atom. The fraction of sp³-hybridized carbons (Fsp3) is 0.588. The van der Waals surface area contributed by atoms with Crippen molar-refractivity contribution in [3.05, 3.63) is 34.3 Å². The first-order chi connectivity index (χ1) is 10.0. The summed E-state index contributed by atoms with van der Waals surface area (Å²) in [6.07, 6.45) is 6.18. The third kappa shape index (κ3) is 2.42. The Bertz CT molecular complexity index is 692. The number of oxazole rings is 1. The van der Waals surface area contributed by atoms with Gasteiger partial charge in [-0.2, -0.15) is 0 Å². The minimum absolute atomic E-state index is 0.00233. The van der Waals surface area contributed by atoms with Gasteiger partial charge in [-0.25, -0.2) is 4.79 Å². The molecule has 0 radical (unpaired) electrons. The van der Waals surface area contributed by atoms with Gasteiger partial charge in [0.15, 0.2) is 5.58 Å². The lowest BCUT2D eigenvalue weighted by molar-refractivity contribution is 0.170. The van der Waals surface area contributed by atoms with E-state index < -0.39 is 0 Å². The molecule has 1 fully saturated rings. The number of hydrogen-bond acceptors (Lipinski definition) is 3. The largest absolute Gasteiger partial charge is 0.419 e. The summed E-state index contributed by atoms with van der Waals surface area (Å²) in [6.45, 7) is 4.85. The zero-order valence-electron chi connectivity index (χ0n) is 12.9. The first-order valence-corrected chi connectivity index (χ1v) is 7.94. The van der Waals surface area contributed by atoms with E-state index in [2.05, 4.69) is 6.92 Å². The number of fused-ring (bicyclic) bond motifs is 1. The van der Waals surface area contributed by atoms with E-state index in [0.717, 1.165) is 11.1 Å². The average molecular weight is 288 g/mol. The van der Waals surface area contributed by atoms with E-state index in [9.17, 15) is 4.79 Å². The van der Waals surface area contributed by atoms with Crippen LogP contribution < -0.4 is 11.5 Å². The summed E-state index contributed by atoms with van der Waals surface area (Å²) >= 11 is 0. The lowest BCUT2D eigenvalue weighted by Crippen LogP contribution is -2.33. The number of aromatic nitrogens is 1. The predicted molar refractivity (Wildman–Crippen MR) is 84.3 cm³/mol. The van der Waals surface area contributed by atoms with Crippen molar-refractivity contribution in [3.63, 3.8) is 0 Å². The summed E-state index contributed by atoms with van der Waals surface area (Å²) in [4.78, 5) is 11.8. The second-order valence-electron chi connectivity index (χ2n) is 6.53. The van der Waals surface area contributed by atoms with Crippen LogP contribution in [0.5, 0.6) is 0 Å². The standard InChI is InChI=1S/C17H24N2O2/c1-3-19-13-8-7-12(11-14(13)21-16(19)20)15(18)17(2)9-5-4-6-10-17/h7-8,11,15H,3-6,9-10,18H2,1-2H3. The monoisotopic (exact) mass is 288 g/mol. The third-order valence-electron chi connectivity index (χ3n) is 5.11. The highest BCUT2D eigenvalue weighted by atomic mass is 16.4. The van der Waals surface area contributed by atoms with E-state index in [1.807, 2.05) is 25.1 Å². The number of aryl methyl sites for hydroxylation is 1. The van der Waals surface area contributed by atoms with E-state index in [1.165, 1.54) is 32.1 Å². The summed E-state index contributed by atoms with van der Waals surface area (Å²) in [6, 6.07) is 5.96. The summed E-state index contributed by atoms with van der Waals surface area (Å²) in [5, 5.41) is 0. The summed E-state index contributed by atoms with van der Waals surface area (Å²) < 4.78 is 7.00. The first-order valence-electron chi connectivity index (χ1n) is 7.94. The molecule has 114 valence electrons. The molecule has 3 rings (SSSR count). The van der Waals surface area contributed by atoms with Crippen LogP contribution in [0.1, 0.15) is 57.6 Å². The molecule has 0 aliphatic heterocycles.